The second-order valence-electron chi connectivity index (χ2n) is 18.6. The number of alkyl carbamates (subject to hydrolysis) is 2. The van der Waals surface area contributed by atoms with Gasteiger partial charge in [-0.1, -0.05) is 60.7 Å². The van der Waals surface area contributed by atoms with Gasteiger partial charge >= 0.3 is 24.1 Å². The first-order valence-electron chi connectivity index (χ1n) is 23.3. The van der Waals surface area contributed by atoms with Crippen LogP contribution in [0.3, 0.4) is 0 Å². The predicted octanol–water partition coefficient (Wildman–Crippen LogP) is 5.76. The second kappa shape index (κ2) is 25.1. The van der Waals surface area contributed by atoms with Gasteiger partial charge in [0, 0.05) is 50.4 Å². The highest BCUT2D eigenvalue weighted by Crippen LogP contribution is 2.42. The third-order valence-electron chi connectivity index (χ3n) is 10.5. The minimum Gasteiger partial charge on any atom is -0.507 e. The monoisotopic (exact) mass is 994 g/mol. The van der Waals surface area contributed by atoms with E-state index in [1.54, 1.807) is 90.1 Å². The summed E-state index contributed by atoms with van der Waals surface area (Å²) in [6.07, 6.45) is -2.44. The molecule has 2 atom stereocenters. The molecule has 20 nitrogen and oxygen atoms in total. The number of anilines is 2. The van der Waals surface area contributed by atoms with E-state index in [1.807, 2.05) is 12.1 Å². The molecule has 4 amide bonds. The fourth-order valence-electron chi connectivity index (χ4n) is 7.25. The molecule has 5 rings (SSSR count). The van der Waals surface area contributed by atoms with Crippen molar-refractivity contribution in [3.8, 4) is 11.5 Å². The molecule has 1 aliphatic rings. The average Bonchev–Trinajstić information content (AvgIpc) is 3.32. The molecule has 0 spiro atoms. The highest BCUT2D eigenvalue weighted by Gasteiger charge is 2.38. The number of ether oxygens (including phenoxy) is 4. The second-order valence-corrected chi connectivity index (χ2v) is 18.6. The Hall–Kier alpha value is -8.16. The number of carbonyl (C=O) groups excluding carboxylic acids is 8. The SMILES string of the molecule is CC(C)(C)OC(=O)N[C@@H](CCC(=O)OCc1ccccc1)C(=O)NCCNc1ccc(NCCNC(=O)[C@H](CCC(=O)OCc2ccccc2)NC(=O)OC(C)(C)C)c2c1C(=O)c1c(O)ccc(O)c1C2=O. The summed E-state index contributed by atoms with van der Waals surface area (Å²) >= 11 is 0. The zero-order valence-corrected chi connectivity index (χ0v) is 41.1. The molecule has 0 fully saturated rings. The van der Waals surface area contributed by atoms with Gasteiger partial charge in [0.1, 0.15) is 48.0 Å². The summed E-state index contributed by atoms with van der Waals surface area (Å²) in [5.41, 5.74) is -1.11. The van der Waals surface area contributed by atoms with Crippen LogP contribution < -0.4 is 31.9 Å². The molecule has 4 aromatic carbocycles. The molecule has 384 valence electrons. The number of rotatable bonds is 22. The van der Waals surface area contributed by atoms with Crippen molar-refractivity contribution in [3.63, 3.8) is 0 Å². The Morgan fingerprint density at radius 1 is 0.500 bits per heavy atom. The molecular weight excluding hydrogens is 933 g/mol. The lowest BCUT2D eigenvalue weighted by molar-refractivity contribution is -0.146. The number of carbonyl (C=O) groups is 8. The number of esters is 2. The molecule has 1 aliphatic carbocycles. The zero-order chi connectivity index (χ0) is 52.6. The van der Waals surface area contributed by atoms with Crippen molar-refractivity contribution >= 4 is 58.9 Å². The Bertz CT molecular complexity index is 2430. The molecule has 8 N–H and O–H groups in total. The van der Waals surface area contributed by atoms with Crippen LogP contribution in [0.2, 0.25) is 0 Å². The summed E-state index contributed by atoms with van der Waals surface area (Å²) in [7, 11) is 0. The zero-order valence-electron chi connectivity index (χ0n) is 41.1. The first-order chi connectivity index (χ1) is 34.1. The van der Waals surface area contributed by atoms with E-state index in [9.17, 15) is 48.6 Å². The fraction of sp³-hybridized carbons (Fsp3) is 0.385. The molecule has 4 aromatic rings. The minimum atomic E-state index is -1.21. The van der Waals surface area contributed by atoms with E-state index in [0.29, 0.717) is 0 Å². The van der Waals surface area contributed by atoms with Gasteiger partial charge in [0.05, 0.1) is 22.3 Å². The van der Waals surface area contributed by atoms with E-state index in [4.69, 9.17) is 18.9 Å². The summed E-state index contributed by atoms with van der Waals surface area (Å²) in [5, 5.41) is 38.0. The van der Waals surface area contributed by atoms with Crippen molar-refractivity contribution in [1.82, 2.24) is 21.3 Å². The molecule has 20 heteroatoms. The molecule has 0 bridgehead atoms. The van der Waals surface area contributed by atoms with Crippen LogP contribution in [-0.2, 0) is 51.3 Å². The molecule has 0 aliphatic heterocycles. The van der Waals surface area contributed by atoms with E-state index in [1.165, 1.54) is 12.1 Å². The summed E-state index contributed by atoms with van der Waals surface area (Å²) < 4.78 is 21.4. The van der Waals surface area contributed by atoms with Crippen molar-refractivity contribution in [2.75, 3.05) is 36.8 Å². The van der Waals surface area contributed by atoms with Crippen LogP contribution in [0.1, 0.15) is 110 Å². The third-order valence-corrected chi connectivity index (χ3v) is 10.5. The summed E-state index contributed by atoms with van der Waals surface area (Å²) in [4.78, 5) is 106. The smallest absolute Gasteiger partial charge is 0.408 e. The normalized spacial score (nSPS) is 12.7. The Morgan fingerprint density at radius 3 is 1.21 bits per heavy atom. The van der Waals surface area contributed by atoms with Gasteiger partial charge in [0.25, 0.3) is 0 Å². The number of nitrogens with one attached hydrogen (secondary N) is 6. The Labute approximate surface area is 416 Å². The third kappa shape index (κ3) is 16.5. The maximum Gasteiger partial charge on any atom is 0.408 e. The number of phenolic OH excluding ortho intramolecular Hbond substituents is 2. The van der Waals surface area contributed by atoms with Crippen LogP contribution in [0.5, 0.6) is 11.5 Å². The van der Waals surface area contributed by atoms with Crippen LogP contribution in [-0.4, -0.2) is 107 Å². The van der Waals surface area contributed by atoms with Gasteiger partial charge in [-0.05, 0) is 89.8 Å². The maximum atomic E-state index is 14.2. The quantitative estimate of drug-likeness (QED) is 0.0177. The molecule has 0 aromatic heterocycles. The molecule has 0 saturated carbocycles. The first kappa shape index (κ1) is 54.8. The van der Waals surface area contributed by atoms with Crippen LogP contribution in [0.15, 0.2) is 84.9 Å². The van der Waals surface area contributed by atoms with Gasteiger partial charge in [-0.25, -0.2) is 9.59 Å². The van der Waals surface area contributed by atoms with Gasteiger partial charge in [-0.3, -0.25) is 28.8 Å². The maximum absolute atomic E-state index is 14.2. The van der Waals surface area contributed by atoms with Crippen molar-refractivity contribution in [1.29, 1.82) is 0 Å². The van der Waals surface area contributed by atoms with Gasteiger partial charge in [0.15, 0.2) is 0 Å². The molecule has 0 saturated heterocycles. The highest BCUT2D eigenvalue weighted by atomic mass is 16.6. The summed E-state index contributed by atoms with van der Waals surface area (Å²) in [5.74, 6) is -5.17. The first-order valence-corrected chi connectivity index (χ1v) is 23.3. The van der Waals surface area contributed by atoms with E-state index >= 15 is 0 Å². The average molecular weight is 995 g/mol. The number of phenols is 2. The van der Waals surface area contributed by atoms with E-state index in [0.717, 1.165) is 23.3 Å². The van der Waals surface area contributed by atoms with Gasteiger partial charge < -0.3 is 61.1 Å². The lowest BCUT2D eigenvalue weighted by atomic mass is 9.81. The number of ketones is 2. The van der Waals surface area contributed by atoms with Crippen molar-refractivity contribution < 1.29 is 67.5 Å². The van der Waals surface area contributed by atoms with Crippen molar-refractivity contribution in [2.45, 2.75) is 104 Å². The van der Waals surface area contributed by atoms with Gasteiger partial charge in [-0.15, -0.1) is 0 Å². The number of fused-ring (bicyclic) bond motifs is 2. The van der Waals surface area contributed by atoms with Crippen LogP contribution in [0, 0.1) is 0 Å². The Balaban J connectivity index is 1.25. The lowest BCUT2D eigenvalue weighted by Gasteiger charge is -2.25. The fourth-order valence-corrected chi connectivity index (χ4v) is 7.25. The molecule has 0 unspecified atom stereocenters. The van der Waals surface area contributed by atoms with Crippen LogP contribution >= 0.6 is 0 Å². The van der Waals surface area contributed by atoms with Gasteiger partial charge in [-0.2, -0.15) is 0 Å². The molecular formula is C52H62N6O14. The van der Waals surface area contributed by atoms with Gasteiger partial charge in [0.2, 0.25) is 23.4 Å². The largest absolute Gasteiger partial charge is 0.507 e. The standard InChI is InChI=1S/C52H62N6O14/c1-51(2,3)71-49(67)57-35(19-23-39(61)69-29-31-13-9-7-10-14-31)47(65)55-27-25-53-33-17-18-34(42-41(33)45(63)43-37(59)21-22-38(60)44(43)46(42)64)54-26-28-56-48(66)36(58-50(68)72-52(4,5)6)20-24-40(62)70-30-32-15-11-8-12-16-32/h7-18,21-22,35-36,53-54,59-60H,19-20,23-30H2,1-6H3,(H,55,65)(H,56,66)(H,57,67)(H,58,68)/t35-,36-/m0/s1. The number of hydrogen-bond donors (Lipinski definition) is 8. The summed E-state index contributed by atoms with van der Waals surface area (Å²) in [6.45, 7) is 9.75. The number of aromatic hydroxyl groups is 2. The Kier molecular flexibility index (Phi) is 19.1. The topological polar surface area (TPSA) is 286 Å². The van der Waals surface area contributed by atoms with E-state index < -0.39 is 93.4 Å². The predicted molar refractivity (Wildman–Crippen MR) is 263 cm³/mol. The van der Waals surface area contributed by atoms with Crippen LogP contribution in [0.25, 0.3) is 0 Å². The number of benzene rings is 4. The highest BCUT2D eigenvalue weighted by molar-refractivity contribution is 6.33. The van der Waals surface area contributed by atoms with E-state index in [2.05, 4.69) is 31.9 Å². The van der Waals surface area contributed by atoms with Crippen LogP contribution in [0.4, 0.5) is 21.0 Å². The Morgan fingerprint density at radius 2 is 0.861 bits per heavy atom. The number of hydrogen-bond acceptors (Lipinski definition) is 16. The van der Waals surface area contributed by atoms with Crippen molar-refractivity contribution in [3.05, 3.63) is 118 Å². The molecule has 0 radical (unpaired) electrons. The lowest BCUT2D eigenvalue weighted by Crippen LogP contribution is -2.49. The summed E-state index contributed by atoms with van der Waals surface area (Å²) in [6, 6.07) is 20.8. The number of amides is 4. The minimum absolute atomic E-state index is 0.0243. The van der Waals surface area contributed by atoms with Crippen molar-refractivity contribution in [2.24, 2.45) is 0 Å². The molecule has 0 heterocycles. The molecule has 72 heavy (non-hydrogen) atoms. The van der Waals surface area contributed by atoms with E-state index in [-0.39, 0.29) is 87.6 Å².